The molecule has 1 fully saturated rings. The van der Waals surface area contributed by atoms with Crippen LogP contribution in [0.4, 0.5) is 11.4 Å². The third-order valence-corrected chi connectivity index (χ3v) is 4.05. The van der Waals surface area contributed by atoms with E-state index in [9.17, 15) is 10.1 Å². The molecule has 5 nitrogen and oxygen atoms in total. The van der Waals surface area contributed by atoms with Gasteiger partial charge in [0.25, 0.3) is 5.69 Å². The van der Waals surface area contributed by atoms with Crippen molar-refractivity contribution in [1.82, 2.24) is 0 Å². The third-order valence-electron chi connectivity index (χ3n) is 4.05. The van der Waals surface area contributed by atoms with E-state index < -0.39 is 0 Å². The second-order valence-corrected chi connectivity index (χ2v) is 5.76. The summed E-state index contributed by atoms with van der Waals surface area (Å²) in [5, 5.41) is 14.5. The number of anilines is 1. The molecule has 1 aromatic carbocycles. The van der Waals surface area contributed by atoms with E-state index in [-0.39, 0.29) is 22.3 Å². The highest BCUT2D eigenvalue weighted by molar-refractivity contribution is 5.63. The Bertz CT molecular complexity index is 504. The quantitative estimate of drug-likeness (QED) is 0.674. The predicted molar refractivity (Wildman–Crippen MR) is 79.1 cm³/mol. The Kier molecular flexibility index (Phi) is 4.28. The van der Waals surface area contributed by atoms with Crippen LogP contribution in [-0.2, 0) is 4.74 Å². The normalized spacial score (nSPS) is 26.2. The van der Waals surface area contributed by atoms with Crippen LogP contribution in [-0.4, -0.2) is 23.2 Å². The summed E-state index contributed by atoms with van der Waals surface area (Å²) in [4.78, 5) is 10.8. The van der Waals surface area contributed by atoms with E-state index in [2.05, 4.69) is 19.2 Å². The maximum Gasteiger partial charge on any atom is 0.292 e. The monoisotopic (exact) mass is 278 g/mol. The van der Waals surface area contributed by atoms with Crippen LogP contribution >= 0.6 is 0 Å². The van der Waals surface area contributed by atoms with Crippen LogP contribution in [0.25, 0.3) is 0 Å². The number of ether oxygens (including phenoxy) is 1. The number of benzene rings is 1. The molecule has 2 rings (SSSR count). The Labute approximate surface area is 119 Å². The molecule has 20 heavy (non-hydrogen) atoms. The first-order valence-corrected chi connectivity index (χ1v) is 7.09. The fourth-order valence-electron chi connectivity index (χ4n) is 2.63. The van der Waals surface area contributed by atoms with E-state index >= 15 is 0 Å². The summed E-state index contributed by atoms with van der Waals surface area (Å²) >= 11 is 0. The molecule has 1 saturated heterocycles. The lowest BCUT2D eigenvalue weighted by Gasteiger charge is -2.38. The van der Waals surface area contributed by atoms with Gasteiger partial charge in [0.05, 0.1) is 10.5 Å². The van der Waals surface area contributed by atoms with Crippen molar-refractivity contribution in [3.05, 3.63) is 33.9 Å². The van der Waals surface area contributed by atoms with Crippen molar-refractivity contribution in [2.75, 3.05) is 11.9 Å². The summed E-state index contributed by atoms with van der Waals surface area (Å²) in [5.74, 6) is 0. The third kappa shape index (κ3) is 3.28. The lowest BCUT2D eigenvalue weighted by Crippen LogP contribution is -2.41. The first kappa shape index (κ1) is 14.8. The molecule has 0 aliphatic carbocycles. The highest BCUT2D eigenvalue weighted by Gasteiger charge is 2.32. The highest BCUT2D eigenvalue weighted by atomic mass is 16.6. The predicted octanol–water partition coefficient (Wildman–Crippen LogP) is 3.66. The van der Waals surface area contributed by atoms with Gasteiger partial charge >= 0.3 is 0 Å². The zero-order chi connectivity index (χ0) is 14.8. The van der Waals surface area contributed by atoms with Crippen LogP contribution in [0.2, 0.25) is 0 Å². The number of nitro groups is 1. The van der Waals surface area contributed by atoms with Crippen LogP contribution in [0, 0.1) is 17.0 Å². The lowest BCUT2D eigenvalue weighted by atomic mass is 9.89. The molecule has 2 atom stereocenters. The smallest absolute Gasteiger partial charge is 0.292 e. The van der Waals surface area contributed by atoms with Crippen molar-refractivity contribution in [2.24, 2.45) is 0 Å². The van der Waals surface area contributed by atoms with Crippen LogP contribution in [0.1, 0.15) is 38.7 Å². The Morgan fingerprint density at radius 1 is 1.55 bits per heavy atom. The number of hydrogen-bond acceptors (Lipinski definition) is 4. The lowest BCUT2D eigenvalue weighted by molar-refractivity contribution is -0.384. The maximum absolute atomic E-state index is 11.1. The molecule has 0 bridgehead atoms. The fraction of sp³-hybridized carbons (Fsp3) is 0.600. The van der Waals surface area contributed by atoms with E-state index in [4.69, 9.17) is 4.74 Å². The molecule has 110 valence electrons. The van der Waals surface area contributed by atoms with Crippen molar-refractivity contribution >= 4 is 11.4 Å². The first-order chi connectivity index (χ1) is 9.43. The molecule has 1 aromatic rings. The largest absolute Gasteiger partial charge is 0.377 e. The first-order valence-electron chi connectivity index (χ1n) is 7.09. The van der Waals surface area contributed by atoms with Gasteiger partial charge in [-0.05, 0) is 44.7 Å². The molecule has 1 aliphatic rings. The summed E-state index contributed by atoms with van der Waals surface area (Å²) < 4.78 is 5.81. The second kappa shape index (κ2) is 5.79. The minimum absolute atomic E-state index is 0.130. The summed E-state index contributed by atoms with van der Waals surface area (Å²) in [6.45, 7) is 6.77. The second-order valence-electron chi connectivity index (χ2n) is 5.76. The zero-order valence-electron chi connectivity index (χ0n) is 12.3. The minimum Gasteiger partial charge on any atom is -0.377 e. The number of nitrogens with zero attached hydrogens (tertiary/aromatic N) is 1. The van der Waals surface area contributed by atoms with Gasteiger partial charge < -0.3 is 10.1 Å². The van der Waals surface area contributed by atoms with Gasteiger partial charge in [-0.3, -0.25) is 10.1 Å². The number of nitrogens with one attached hydrogen (secondary N) is 1. The van der Waals surface area contributed by atoms with Gasteiger partial charge in [-0.2, -0.15) is 0 Å². The molecule has 0 radical (unpaired) electrons. The average Bonchev–Trinajstić information content (AvgIpc) is 2.41. The Hall–Kier alpha value is -1.62. The average molecular weight is 278 g/mol. The number of nitro benzene ring substituents is 1. The summed E-state index contributed by atoms with van der Waals surface area (Å²) in [7, 11) is 0. The molecular weight excluding hydrogens is 256 g/mol. The van der Waals surface area contributed by atoms with Crippen LogP contribution in [0.5, 0.6) is 0 Å². The molecule has 2 unspecified atom stereocenters. The van der Waals surface area contributed by atoms with Crippen molar-refractivity contribution < 1.29 is 9.66 Å². The van der Waals surface area contributed by atoms with Gasteiger partial charge in [0.1, 0.15) is 5.69 Å². The number of hydrogen-bond donors (Lipinski definition) is 1. The molecule has 0 amide bonds. The number of rotatable bonds is 4. The molecule has 0 aromatic heterocycles. The molecule has 0 spiro atoms. The Morgan fingerprint density at radius 3 is 2.95 bits per heavy atom. The van der Waals surface area contributed by atoms with Gasteiger partial charge in [0, 0.05) is 18.7 Å². The van der Waals surface area contributed by atoms with Crippen LogP contribution in [0.15, 0.2) is 18.2 Å². The zero-order valence-corrected chi connectivity index (χ0v) is 12.3. The molecule has 1 aliphatic heterocycles. The molecule has 1 heterocycles. The maximum atomic E-state index is 11.1. The molecule has 0 saturated carbocycles. The van der Waals surface area contributed by atoms with E-state index in [0.29, 0.717) is 12.3 Å². The molecule has 5 heteroatoms. The van der Waals surface area contributed by atoms with Gasteiger partial charge in [-0.25, -0.2) is 0 Å². The number of aryl methyl sites for hydroxylation is 1. The van der Waals surface area contributed by atoms with Crippen molar-refractivity contribution in [1.29, 1.82) is 0 Å². The van der Waals surface area contributed by atoms with E-state index in [1.165, 1.54) is 0 Å². The van der Waals surface area contributed by atoms with Crippen molar-refractivity contribution in [3.8, 4) is 0 Å². The van der Waals surface area contributed by atoms with E-state index in [1.807, 2.05) is 13.0 Å². The van der Waals surface area contributed by atoms with E-state index in [1.54, 1.807) is 12.1 Å². The minimum atomic E-state index is -0.326. The summed E-state index contributed by atoms with van der Waals surface area (Å²) in [5.41, 5.74) is 1.52. The Balaban J connectivity index is 2.16. The van der Waals surface area contributed by atoms with Gasteiger partial charge in [-0.1, -0.05) is 13.0 Å². The standard InChI is InChI=1S/C15H22N2O3/c1-4-15(3)10-12(7-8-20-15)16-13-6-5-11(2)9-14(13)17(18)19/h5-6,9,12,16H,4,7-8,10H2,1-3H3. The SMILES string of the molecule is CCC1(C)CC(Nc2ccc(C)cc2[N+](=O)[O-])CCO1. The van der Waals surface area contributed by atoms with Gasteiger partial charge in [-0.15, -0.1) is 0 Å². The van der Waals surface area contributed by atoms with Crippen molar-refractivity contribution in [3.63, 3.8) is 0 Å². The van der Waals surface area contributed by atoms with Crippen molar-refractivity contribution in [2.45, 2.75) is 51.7 Å². The highest BCUT2D eigenvalue weighted by Crippen LogP contribution is 2.32. The van der Waals surface area contributed by atoms with E-state index in [0.717, 1.165) is 24.8 Å². The fourth-order valence-corrected chi connectivity index (χ4v) is 2.63. The molecular formula is C15H22N2O3. The van der Waals surface area contributed by atoms with Gasteiger partial charge in [0.15, 0.2) is 0 Å². The van der Waals surface area contributed by atoms with Crippen LogP contribution < -0.4 is 5.32 Å². The Morgan fingerprint density at radius 2 is 2.30 bits per heavy atom. The topological polar surface area (TPSA) is 64.4 Å². The summed E-state index contributed by atoms with van der Waals surface area (Å²) in [6, 6.07) is 5.52. The summed E-state index contributed by atoms with van der Waals surface area (Å²) in [6.07, 6.45) is 2.69. The van der Waals surface area contributed by atoms with Crippen LogP contribution in [0.3, 0.4) is 0 Å². The molecule has 1 N–H and O–H groups in total. The van der Waals surface area contributed by atoms with Gasteiger partial charge in [0.2, 0.25) is 0 Å².